The molecular formula is C18H16N2O3S2. The van der Waals surface area contributed by atoms with E-state index in [2.05, 4.69) is 15.0 Å². The van der Waals surface area contributed by atoms with E-state index in [1.165, 1.54) is 18.4 Å². The Bertz CT molecular complexity index is 884. The van der Waals surface area contributed by atoms with Crippen LogP contribution < -0.4 is 5.32 Å². The molecule has 0 bridgehead atoms. The fraction of sp³-hybridized carbons (Fsp3) is 0.167. The summed E-state index contributed by atoms with van der Waals surface area (Å²) in [5.74, 6) is -0.521. The number of rotatable bonds is 5. The van der Waals surface area contributed by atoms with Crippen LogP contribution in [0.3, 0.4) is 0 Å². The largest absolute Gasteiger partial charge is 0.465 e. The van der Waals surface area contributed by atoms with Crippen LogP contribution in [0.2, 0.25) is 0 Å². The number of aryl methyl sites for hydroxylation is 1. The molecule has 0 aliphatic heterocycles. The van der Waals surface area contributed by atoms with Crippen molar-refractivity contribution >= 4 is 34.6 Å². The van der Waals surface area contributed by atoms with Gasteiger partial charge in [-0.3, -0.25) is 4.79 Å². The molecular weight excluding hydrogens is 356 g/mol. The van der Waals surface area contributed by atoms with E-state index >= 15 is 0 Å². The minimum Gasteiger partial charge on any atom is -0.465 e. The van der Waals surface area contributed by atoms with Crippen molar-refractivity contribution in [3.05, 3.63) is 63.5 Å². The number of thiazole rings is 1. The van der Waals surface area contributed by atoms with Gasteiger partial charge in [-0.1, -0.05) is 18.2 Å². The second-order valence-electron chi connectivity index (χ2n) is 5.28. The Morgan fingerprint density at radius 1 is 1.20 bits per heavy atom. The summed E-state index contributed by atoms with van der Waals surface area (Å²) in [6.45, 7) is 2.22. The molecule has 0 saturated heterocycles. The number of ether oxygens (including phenoxy) is 1. The summed E-state index contributed by atoms with van der Waals surface area (Å²) in [5.41, 5.74) is 2.12. The summed E-state index contributed by atoms with van der Waals surface area (Å²) >= 11 is 3.00. The molecule has 3 aromatic rings. The highest BCUT2D eigenvalue weighted by Gasteiger charge is 2.16. The molecule has 0 radical (unpaired) electrons. The molecule has 25 heavy (non-hydrogen) atoms. The van der Waals surface area contributed by atoms with Crippen LogP contribution in [0.25, 0.3) is 9.88 Å². The van der Waals surface area contributed by atoms with Crippen LogP contribution in [0.1, 0.15) is 31.3 Å². The Labute approximate surface area is 153 Å². The average molecular weight is 372 g/mol. The highest BCUT2D eigenvalue weighted by molar-refractivity contribution is 7.22. The summed E-state index contributed by atoms with van der Waals surface area (Å²) < 4.78 is 4.66. The fourth-order valence-electron chi connectivity index (χ4n) is 2.25. The molecule has 0 saturated carbocycles. The van der Waals surface area contributed by atoms with E-state index in [0.717, 1.165) is 21.1 Å². The zero-order valence-electron chi connectivity index (χ0n) is 13.7. The first kappa shape index (κ1) is 17.3. The number of benzene rings is 1. The lowest BCUT2D eigenvalue weighted by atomic mass is 10.1. The summed E-state index contributed by atoms with van der Waals surface area (Å²) in [7, 11) is 1.35. The third-order valence-corrected chi connectivity index (χ3v) is 5.76. The summed E-state index contributed by atoms with van der Waals surface area (Å²) in [6, 6.07) is 10.9. The second kappa shape index (κ2) is 7.58. The standard InChI is InChI=1S/C18H16N2O3S2/c1-11-15(25-17(20-11)14-4-3-9-24-14)16(21)19-10-12-5-7-13(8-6-12)18(22)23-2/h3-9H,10H2,1-2H3,(H,19,21). The smallest absolute Gasteiger partial charge is 0.337 e. The average Bonchev–Trinajstić information content (AvgIpc) is 3.29. The molecule has 3 rings (SSSR count). The van der Waals surface area contributed by atoms with E-state index in [9.17, 15) is 9.59 Å². The molecule has 0 spiro atoms. The van der Waals surface area contributed by atoms with Crippen molar-refractivity contribution in [1.82, 2.24) is 10.3 Å². The lowest BCUT2D eigenvalue weighted by molar-refractivity contribution is 0.0600. The normalized spacial score (nSPS) is 10.5. The minimum absolute atomic E-state index is 0.144. The van der Waals surface area contributed by atoms with E-state index in [-0.39, 0.29) is 11.9 Å². The fourth-order valence-corrected chi connectivity index (χ4v) is 4.03. The number of aromatic nitrogens is 1. The molecule has 1 N–H and O–H groups in total. The minimum atomic E-state index is -0.378. The molecule has 1 amide bonds. The third kappa shape index (κ3) is 3.94. The molecule has 2 heterocycles. The second-order valence-corrected chi connectivity index (χ2v) is 7.23. The first-order valence-electron chi connectivity index (χ1n) is 7.55. The number of hydrogen-bond donors (Lipinski definition) is 1. The van der Waals surface area contributed by atoms with Crippen molar-refractivity contribution < 1.29 is 14.3 Å². The molecule has 0 atom stereocenters. The van der Waals surface area contributed by atoms with Gasteiger partial charge in [-0.25, -0.2) is 9.78 Å². The number of esters is 1. The van der Waals surface area contributed by atoms with E-state index < -0.39 is 0 Å². The predicted octanol–water partition coefficient (Wildman–Crippen LogP) is 3.90. The van der Waals surface area contributed by atoms with Gasteiger partial charge in [-0.2, -0.15) is 0 Å². The Morgan fingerprint density at radius 2 is 1.96 bits per heavy atom. The van der Waals surface area contributed by atoms with E-state index in [4.69, 9.17) is 0 Å². The van der Waals surface area contributed by atoms with Crippen LogP contribution in [0.15, 0.2) is 41.8 Å². The van der Waals surface area contributed by atoms with Crippen molar-refractivity contribution in [3.63, 3.8) is 0 Å². The Morgan fingerprint density at radius 3 is 2.60 bits per heavy atom. The molecule has 0 fully saturated rings. The number of amides is 1. The zero-order valence-corrected chi connectivity index (χ0v) is 15.4. The molecule has 0 unspecified atom stereocenters. The molecule has 0 aliphatic rings. The predicted molar refractivity (Wildman–Crippen MR) is 99.1 cm³/mol. The van der Waals surface area contributed by atoms with E-state index in [1.807, 2.05) is 24.4 Å². The zero-order chi connectivity index (χ0) is 17.8. The van der Waals surface area contributed by atoms with Gasteiger partial charge in [-0.05, 0) is 36.1 Å². The number of thiophene rings is 1. The quantitative estimate of drug-likeness (QED) is 0.690. The van der Waals surface area contributed by atoms with Crippen molar-refractivity contribution in [2.24, 2.45) is 0 Å². The summed E-state index contributed by atoms with van der Waals surface area (Å²) in [5, 5.41) is 5.75. The molecule has 1 aromatic carbocycles. The van der Waals surface area contributed by atoms with Crippen LogP contribution in [-0.2, 0) is 11.3 Å². The molecule has 128 valence electrons. The number of hydrogen-bond acceptors (Lipinski definition) is 6. The van der Waals surface area contributed by atoms with Crippen LogP contribution >= 0.6 is 22.7 Å². The van der Waals surface area contributed by atoms with Crippen LogP contribution in [-0.4, -0.2) is 24.0 Å². The van der Waals surface area contributed by atoms with Crippen LogP contribution in [0, 0.1) is 6.92 Å². The van der Waals surface area contributed by atoms with Gasteiger partial charge in [0.25, 0.3) is 5.91 Å². The number of carbonyl (C=O) groups is 2. The SMILES string of the molecule is COC(=O)c1ccc(CNC(=O)c2sc(-c3cccs3)nc2C)cc1. The van der Waals surface area contributed by atoms with E-state index in [0.29, 0.717) is 17.0 Å². The lowest BCUT2D eigenvalue weighted by Gasteiger charge is -2.05. The monoisotopic (exact) mass is 372 g/mol. The number of nitrogens with zero attached hydrogens (tertiary/aromatic N) is 1. The molecule has 2 aromatic heterocycles. The van der Waals surface area contributed by atoms with Crippen molar-refractivity contribution in [2.45, 2.75) is 13.5 Å². The molecule has 5 nitrogen and oxygen atoms in total. The van der Waals surface area contributed by atoms with E-state index in [1.54, 1.807) is 35.6 Å². The van der Waals surface area contributed by atoms with Gasteiger partial charge in [0, 0.05) is 6.54 Å². The van der Waals surface area contributed by atoms with Crippen molar-refractivity contribution in [2.75, 3.05) is 7.11 Å². The highest BCUT2D eigenvalue weighted by Crippen LogP contribution is 2.31. The van der Waals surface area contributed by atoms with Crippen molar-refractivity contribution in [3.8, 4) is 9.88 Å². The summed E-state index contributed by atoms with van der Waals surface area (Å²) in [6.07, 6.45) is 0. The molecule has 0 aliphatic carbocycles. The topological polar surface area (TPSA) is 68.3 Å². The number of methoxy groups -OCH3 is 1. The third-order valence-electron chi connectivity index (χ3n) is 3.56. The van der Waals surface area contributed by atoms with Gasteiger partial charge >= 0.3 is 5.97 Å². The van der Waals surface area contributed by atoms with Gasteiger partial charge in [-0.15, -0.1) is 22.7 Å². The number of nitrogens with one attached hydrogen (secondary N) is 1. The summed E-state index contributed by atoms with van der Waals surface area (Å²) in [4.78, 5) is 30.0. The Hall–Kier alpha value is -2.51. The Kier molecular flexibility index (Phi) is 5.25. The van der Waals surface area contributed by atoms with Gasteiger partial charge in [0.2, 0.25) is 0 Å². The maximum Gasteiger partial charge on any atom is 0.337 e. The maximum atomic E-state index is 12.4. The van der Waals surface area contributed by atoms with Gasteiger partial charge in [0.05, 0.1) is 23.2 Å². The van der Waals surface area contributed by atoms with Gasteiger partial charge < -0.3 is 10.1 Å². The van der Waals surface area contributed by atoms with Crippen molar-refractivity contribution in [1.29, 1.82) is 0 Å². The maximum absolute atomic E-state index is 12.4. The number of carbonyl (C=O) groups excluding carboxylic acids is 2. The van der Waals surface area contributed by atoms with Crippen LogP contribution in [0.4, 0.5) is 0 Å². The Balaban J connectivity index is 1.66. The van der Waals surface area contributed by atoms with Gasteiger partial charge in [0.15, 0.2) is 0 Å². The first-order chi connectivity index (χ1) is 12.1. The first-order valence-corrected chi connectivity index (χ1v) is 9.25. The van der Waals surface area contributed by atoms with Crippen LogP contribution in [0.5, 0.6) is 0 Å². The lowest BCUT2D eigenvalue weighted by Crippen LogP contribution is -2.22. The highest BCUT2D eigenvalue weighted by atomic mass is 32.1. The van der Waals surface area contributed by atoms with Gasteiger partial charge in [0.1, 0.15) is 9.88 Å². The molecule has 7 heteroatoms.